The van der Waals surface area contributed by atoms with E-state index in [-0.39, 0.29) is 16.7 Å². The van der Waals surface area contributed by atoms with E-state index < -0.39 is 10.0 Å². The first-order valence-corrected chi connectivity index (χ1v) is 14.9. The molecule has 1 amide bonds. The number of sulfonamides is 1. The molecule has 0 saturated carbocycles. The molecule has 2 aromatic carbocycles. The number of hydrogen-bond acceptors (Lipinski definition) is 8. The number of likely N-dealkylation sites (tertiary alicyclic amines) is 1. The van der Waals surface area contributed by atoms with Gasteiger partial charge in [-0.15, -0.1) is 0 Å². The topological polar surface area (TPSA) is 112 Å². The van der Waals surface area contributed by atoms with E-state index in [1.165, 1.54) is 4.31 Å². The number of piperidine rings is 1. The smallest absolute Gasteiger partial charge is 0.243 e. The van der Waals surface area contributed by atoms with Gasteiger partial charge in [0.05, 0.1) is 16.5 Å². The van der Waals surface area contributed by atoms with E-state index >= 15 is 0 Å². The zero-order chi connectivity index (χ0) is 27.6. The van der Waals surface area contributed by atoms with Crippen molar-refractivity contribution in [2.75, 3.05) is 51.6 Å². The van der Waals surface area contributed by atoms with Crippen LogP contribution in [0, 0.1) is 12.8 Å². The molecule has 2 aliphatic rings. The van der Waals surface area contributed by atoms with E-state index in [1.807, 2.05) is 25.2 Å². The Morgan fingerprint density at radius 3 is 2.51 bits per heavy atom. The van der Waals surface area contributed by atoms with Crippen LogP contribution in [0.1, 0.15) is 24.3 Å². The van der Waals surface area contributed by atoms with Gasteiger partial charge in [0.15, 0.2) is 0 Å². The van der Waals surface area contributed by atoms with Crippen LogP contribution >= 0.6 is 11.6 Å². The minimum atomic E-state index is -3.63. The predicted octanol–water partition coefficient (Wildman–Crippen LogP) is 3.49. The molecule has 2 aliphatic heterocycles. The minimum Gasteiger partial charge on any atom is -0.338 e. The van der Waals surface area contributed by atoms with E-state index in [2.05, 4.69) is 25.3 Å². The molecular formula is C27H33ClN6O4S. The van der Waals surface area contributed by atoms with Crippen LogP contribution in [0.4, 0.5) is 5.69 Å². The van der Waals surface area contributed by atoms with Gasteiger partial charge in [0.25, 0.3) is 0 Å². The lowest BCUT2D eigenvalue weighted by Crippen LogP contribution is -2.47. The summed E-state index contributed by atoms with van der Waals surface area (Å²) in [6, 6.07) is 12.5. The maximum Gasteiger partial charge on any atom is 0.243 e. The number of hydrogen-bond donors (Lipinski definition) is 1. The Kier molecular flexibility index (Phi) is 8.34. The number of nitrogens with zero attached hydrogens (tertiary/aromatic N) is 5. The van der Waals surface area contributed by atoms with Gasteiger partial charge in [0.2, 0.25) is 27.6 Å². The van der Waals surface area contributed by atoms with Crippen LogP contribution in [0.3, 0.4) is 0 Å². The molecule has 1 aromatic heterocycles. The number of carbonyl (C=O) groups excluding carboxylic acids is 1. The summed E-state index contributed by atoms with van der Waals surface area (Å²) in [7, 11) is -1.65. The lowest BCUT2D eigenvalue weighted by Gasteiger charge is -2.32. The second-order valence-electron chi connectivity index (χ2n) is 10.2. The van der Waals surface area contributed by atoms with Gasteiger partial charge >= 0.3 is 0 Å². The van der Waals surface area contributed by atoms with Crippen molar-refractivity contribution >= 4 is 33.2 Å². The van der Waals surface area contributed by atoms with Crippen LogP contribution in [0.2, 0.25) is 5.02 Å². The number of nitrogens with one attached hydrogen (secondary N) is 1. The highest BCUT2D eigenvalue weighted by Crippen LogP contribution is 2.28. The van der Waals surface area contributed by atoms with Gasteiger partial charge in [-0.25, -0.2) is 8.42 Å². The fourth-order valence-corrected chi connectivity index (χ4v) is 6.88. The van der Waals surface area contributed by atoms with Crippen LogP contribution < -0.4 is 5.32 Å². The van der Waals surface area contributed by atoms with Crippen molar-refractivity contribution in [2.45, 2.75) is 31.2 Å². The molecule has 1 N–H and O–H groups in total. The van der Waals surface area contributed by atoms with Crippen LogP contribution in [0.15, 0.2) is 51.9 Å². The molecule has 12 heteroatoms. The first kappa shape index (κ1) is 27.7. The molecule has 0 unspecified atom stereocenters. The zero-order valence-corrected chi connectivity index (χ0v) is 23.7. The number of piperazine rings is 1. The normalized spacial score (nSPS) is 18.3. The molecular weight excluding hydrogens is 540 g/mol. The molecule has 0 aliphatic carbocycles. The van der Waals surface area contributed by atoms with Crippen molar-refractivity contribution in [3.8, 4) is 11.4 Å². The highest BCUT2D eigenvalue weighted by atomic mass is 35.5. The summed E-state index contributed by atoms with van der Waals surface area (Å²) in [5.41, 5.74) is 1.89. The first-order chi connectivity index (χ1) is 18.7. The third-order valence-corrected chi connectivity index (χ3v) is 9.81. The van der Waals surface area contributed by atoms with E-state index in [4.69, 9.17) is 16.1 Å². The third kappa shape index (κ3) is 6.33. The summed E-state index contributed by atoms with van der Waals surface area (Å²) in [4.78, 5) is 22.1. The van der Waals surface area contributed by atoms with E-state index in [0.29, 0.717) is 86.6 Å². The van der Waals surface area contributed by atoms with Crippen molar-refractivity contribution in [3.05, 3.63) is 58.9 Å². The Hall–Kier alpha value is -2.83. The molecule has 5 rings (SSSR count). The second-order valence-corrected chi connectivity index (χ2v) is 12.5. The van der Waals surface area contributed by atoms with Gasteiger partial charge in [0.1, 0.15) is 0 Å². The predicted molar refractivity (Wildman–Crippen MR) is 149 cm³/mol. The number of likely N-dealkylation sites (N-methyl/N-ethyl adjacent to an activating group) is 1. The highest BCUT2D eigenvalue weighted by molar-refractivity contribution is 7.89. The number of aromatic nitrogens is 2. The number of aryl methyl sites for hydroxylation is 1. The van der Waals surface area contributed by atoms with Gasteiger partial charge < -0.3 is 14.7 Å². The maximum atomic E-state index is 13.3. The SMILES string of the molecule is Cc1ccc(NC(=O)C2CCN(Cc3nc(-c4ccccc4Cl)no3)CC2)cc1S(=O)(=O)N1CCN(C)CC1. The highest BCUT2D eigenvalue weighted by Gasteiger charge is 2.30. The quantitative estimate of drug-likeness (QED) is 0.458. The van der Waals surface area contributed by atoms with Gasteiger partial charge in [-0.3, -0.25) is 9.69 Å². The second kappa shape index (κ2) is 11.7. The number of benzene rings is 2. The Balaban J connectivity index is 1.16. The fourth-order valence-electron chi connectivity index (χ4n) is 4.98. The van der Waals surface area contributed by atoms with E-state index in [1.54, 1.807) is 31.2 Å². The van der Waals surface area contributed by atoms with Crippen molar-refractivity contribution < 1.29 is 17.7 Å². The number of carbonyl (C=O) groups is 1. The summed E-state index contributed by atoms with van der Waals surface area (Å²) in [6.07, 6.45) is 1.35. The number of rotatable bonds is 7. The molecule has 0 bridgehead atoms. The van der Waals surface area contributed by atoms with Crippen LogP contribution in [-0.2, 0) is 21.4 Å². The van der Waals surface area contributed by atoms with E-state index in [9.17, 15) is 13.2 Å². The Bertz CT molecular complexity index is 1430. The van der Waals surface area contributed by atoms with E-state index in [0.717, 1.165) is 5.56 Å². The molecule has 0 radical (unpaired) electrons. The molecule has 2 saturated heterocycles. The number of amides is 1. The number of halogens is 1. The van der Waals surface area contributed by atoms with Gasteiger partial charge in [-0.2, -0.15) is 9.29 Å². The average Bonchev–Trinajstić information content (AvgIpc) is 3.38. The molecule has 10 nitrogen and oxygen atoms in total. The molecule has 3 heterocycles. The molecule has 3 aromatic rings. The minimum absolute atomic E-state index is 0.0970. The maximum absolute atomic E-state index is 13.3. The van der Waals surface area contributed by atoms with Gasteiger partial charge in [-0.1, -0.05) is 35.0 Å². The first-order valence-electron chi connectivity index (χ1n) is 13.1. The molecule has 0 spiro atoms. The van der Waals surface area contributed by atoms with Crippen LogP contribution in [0.5, 0.6) is 0 Å². The van der Waals surface area contributed by atoms with Crippen molar-refractivity contribution in [3.63, 3.8) is 0 Å². The molecule has 0 atom stereocenters. The van der Waals surface area contributed by atoms with Gasteiger partial charge in [0, 0.05) is 43.3 Å². The molecule has 2 fully saturated rings. The monoisotopic (exact) mass is 572 g/mol. The summed E-state index contributed by atoms with van der Waals surface area (Å²) in [5, 5.41) is 7.57. The summed E-state index contributed by atoms with van der Waals surface area (Å²) >= 11 is 6.24. The van der Waals surface area contributed by atoms with Crippen LogP contribution in [-0.4, -0.2) is 84.9 Å². The Labute approximate surface area is 234 Å². The Morgan fingerprint density at radius 1 is 1.08 bits per heavy atom. The summed E-state index contributed by atoms with van der Waals surface area (Å²) in [6.45, 7) is 6.00. The van der Waals surface area contributed by atoms with Gasteiger partial charge in [-0.05, 0) is 69.7 Å². The Morgan fingerprint density at radius 2 is 1.79 bits per heavy atom. The largest absolute Gasteiger partial charge is 0.338 e. The zero-order valence-electron chi connectivity index (χ0n) is 22.1. The lowest BCUT2D eigenvalue weighted by molar-refractivity contribution is -0.121. The molecule has 208 valence electrons. The standard InChI is InChI=1S/C27H33ClN6O4S/c1-19-7-8-21(17-24(19)39(36,37)34-15-13-32(2)14-16-34)29-27(35)20-9-11-33(12-10-20)18-25-30-26(31-38-25)22-5-3-4-6-23(22)28/h3-8,17,20H,9-16,18H2,1-2H3,(H,29,35). The molecule has 39 heavy (non-hydrogen) atoms. The van der Waals surface area contributed by atoms with Crippen molar-refractivity contribution in [1.29, 1.82) is 0 Å². The van der Waals surface area contributed by atoms with Crippen molar-refractivity contribution in [1.82, 2.24) is 24.2 Å². The average molecular weight is 573 g/mol. The summed E-state index contributed by atoms with van der Waals surface area (Å²) in [5.74, 6) is 0.695. The number of anilines is 1. The van der Waals surface area contributed by atoms with Crippen LogP contribution in [0.25, 0.3) is 11.4 Å². The fraction of sp³-hybridized carbons (Fsp3) is 0.444. The van der Waals surface area contributed by atoms with Crippen molar-refractivity contribution in [2.24, 2.45) is 5.92 Å². The summed E-state index contributed by atoms with van der Waals surface area (Å²) < 4.78 is 33.6. The third-order valence-electron chi connectivity index (χ3n) is 7.44. The lowest BCUT2D eigenvalue weighted by atomic mass is 9.96.